The summed E-state index contributed by atoms with van der Waals surface area (Å²) in [7, 11) is 0. The summed E-state index contributed by atoms with van der Waals surface area (Å²) in [4.78, 5) is 25.8. The summed E-state index contributed by atoms with van der Waals surface area (Å²) in [5.41, 5.74) is -4.49. The highest BCUT2D eigenvalue weighted by atomic mass is 19.4. The maximum Gasteiger partial charge on any atom is 0.417 e. The number of hydrogen-bond acceptors (Lipinski definition) is 4. The van der Waals surface area contributed by atoms with E-state index in [9.17, 15) is 32.3 Å². The summed E-state index contributed by atoms with van der Waals surface area (Å²) in [6, 6.07) is 2.55. The Balaban J connectivity index is 2.57. The molecule has 25 heavy (non-hydrogen) atoms. The molecule has 0 bridgehead atoms. The summed E-state index contributed by atoms with van der Waals surface area (Å²) in [5, 5.41) is 18.2. The van der Waals surface area contributed by atoms with Gasteiger partial charge in [0, 0.05) is 0 Å². The SMILES string of the molecule is [CH2]C1(CO)C(=O)N(c2ccc(C#N)c(C(F)(F)F)c2)C(=O)N1CCF. The minimum Gasteiger partial charge on any atom is -0.393 e. The van der Waals surface area contributed by atoms with Crippen LogP contribution in [-0.4, -0.2) is 47.3 Å². The van der Waals surface area contributed by atoms with Gasteiger partial charge in [-0.3, -0.25) is 4.79 Å². The average Bonchev–Trinajstić information content (AvgIpc) is 2.75. The number of halogens is 4. The van der Waals surface area contributed by atoms with Gasteiger partial charge in [-0.1, -0.05) is 0 Å². The van der Waals surface area contributed by atoms with Crippen LogP contribution in [0.4, 0.5) is 28.0 Å². The van der Waals surface area contributed by atoms with E-state index >= 15 is 0 Å². The van der Waals surface area contributed by atoms with E-state index in [2.05, 4.69) is 6.92 Å². The first kappa shape index (κ1) is 18.7. The Kier molecular flexibility index (Phi) is 4.72. The molecule has 1 fully saturated rings. The lowest BCUT2D eigenvalue weighted by atomic mass is 10.0. The second-order valence-electron chi connectivity index (χ2n) is 5.29. The number of anilines is 1. The molecule has 1 radical (unpaired) electrons. The van der Waals surface area contributed by atoms with Gasteiger partial charge in [0.05, 0.1) is 36.0 Å². The molecule has 0 aliphatic carbocycles. The number of nitriles is 1. The quantitative estimate of drug-likeness (QED) is 0.658. The van der Waals surface area contributed by atoms with Crippen LogP contribution in [0.3, 0.4) is 0 Å². The minimum atomic E-state index is -4.88. The number of carbonyl (C=O) groups excluding carboxylic acids is 2. The maximum atomic E-state index is 13.1. The second-order valence-corrected chi connectivity index (χ2v) is 5.29. The Hall–Kier alpha value is -2.67. The van der Waals surface area contributed by atoms with E-state index in [0.717, 1.165) is 12.1 Å². The van der Waals surface area contributed by atoms with E-state index in [1.54, 1.807) is 0 Å². The van der Waals surface area contributed by atoms with E-state index < -0.39 is 60.3 Å². The van der Waals surface area contributed by atoms with Gasteiger partial charge in [0.1, 0.15) is 12.2 Å². The number of alkyl halides is 4. The highest BCUT2D eigenvalue weighted by Crippen LogP contribution is 2.37. The van der Waals surface area contributed by atoms with Crippen LogP contribution < -0.4 is 4.90 Å². The zero-order chi connectivity index (χ0) is 19.0. The molecule has 0 spiro atoms. The fourth-order valence-corrected chi connectivity index (χ4v) is 2.49. The molecule has 1 aromatic rings. The van der Waals surface area contributed by atoms with Crippen molar-refractivity contribution in [2.45, 2.75) is 11.7 Å². The third kappa shape index (κ3) is 2.91. The van der Waals surface area contributed by atoms with Crippen LogP contribution in [-0.2, 0) is 11.0 Å². The lowest BCUT2D eigenvalue weighted by Gasteiger charge is -2.28. The van der Waals surface area contributed by atoms with Crippen molar-refractivity contribution in [3.8, 4) is 6.07 Å². The first-order valence-electron chi connectivity index (χ1n) is 6.91. The molecule has 1 aliphatic rings. The van der Waals surface area contributed by atoms with Gasteiger partial charge in [-0.2, -0.15) is 18.4 Å². The summed E-state index contributed by atoms with van der Waals surface area (Å²) in [6.07, 6.45) is -4.88. The lowest BCUT2D eigenvalue weighted by Crippen LogP contribution is -2.51. The van der Waals surface area contributed by atoms with Gasteiger partial charge in [-0.25, -0.2) is 14.1 Å². The number of carbonyl (C=O) groups is 2. The number of amides is 3. The molecule has 133 valence electrons. The lowest BCUT2D eigenvalue weighted by molar-refractivity contribution is -0.137. The Morgan fingerprint density at radius 2 is 1.96 bits per heavy atom. The molecule has 10 heteroatoms. The average molecular weight is 358 g/mol. The smallest absolute Gasteiger partial charge is 0.393 e. The summed E-state index contributed by atoms with van der Waals surface area (Å²) in [6.45, 7) is 0.890. The molecular weight excluding hydrogens is 346 g/mol. The van der Waals surface area contributed by atoms with Crippen LogP contribution in [0.15, 0.2) is 18.2 Å². The Morgan fingerprint density at radius 3 is 2.44 bits per heavy atom. The summed E-state index contributed by atoms with van der Waals surface area (Å²) < 4.78 is 51.8. The summed E-state index contributed by atoms with van der Waals surface area (Å²) >= 11 is 0. The predicted octanol–water partition coefficient (Wildman–Crippen LogP) is 1.88. The molecule has 2 rings (SSSR count). The van der Waals surface area contributed by atoms with Crippen molar-refractivity contribution in [1.29, 1.82) is 5.26 Å². The number of urea groups is 1. The van der Waals surface area contributed by atoms with E-state index in [-0.39, 0.29) is 0 Å². The van der Waals surface area contributed by atoms with Crippen LogP contribution >= 0.6 is 0 Å². The van der Waals surface area contributed by atoms with Crippen molar-refractivity contribution in [1.82, 2.24) is 4.90 Å². The van der Waals surface area contributed by atoms with Crippen LogP contribution in [0, 0.1) is 18.3 Å². The Bertz CT molecular complexity index is 759. The van der Waals surface area contributed by atoms with Crippen molar-refractivity contribution in [2.75, 3.05) is 24.7 Å². The number of aliphatic hydroxyl groups excluding tert-OH is 1. The molecule has 1 atom stereocenters. The minimum absolute atomic E-state index is 0.384. The van der Waals surface area contributed by atoms with Gasteiger partial charge in [0.15, 0.2) is 0 Å². The van der Waals surface area contributed by atoms with Gasteiger partial charge in [0.2, 0.25) is 0 Å². The van der Waals surface area contributed by atoms with Gasteiger partial charge >= 0.3 is 12.2 Å². The van der Waals surface area contributed by atoms with Crippen molar-refractivity contribution < 1.29 is 32.3 Å². The summed E-state index contributed by atoms with van der Waals surface area (Å²) in [5.74, 6) is -1.09. The molecule has 1 unspecified atom stereocenters. The fraction of sp³-hybridized carbons (Fsp3) is 0.333. The van der Waals surface area contributed by atoms with Crippen LogP contribution in [0.25, 0.3) is 0 Å². The van der Waals surface area contributed by atoms with E-state index in [4.69, 9.17) is 5.26 Å². The zero-order valence-electron chi connectivity index (χ0n) is 12.7. The molecular formula is C15H12F4N3O3. The molecule has 1 heterocycles. The molecule has 1 aliphatic heterocycles. The van der Waals surface area contributed by atoms with Gasteiger partial charge in [-0.05, 0) is 25.1 Å². The first-order valence-corrected chi connectivity index (χ1v) is 6.91. The monoisotopic (exact) mass is 358 g/mol. The largest absolute Gasteiger partial charge is 0.417 e. The Morgan fingerprint density at radius 1 is 1.32 bits per heavy atom. The highest BCUT2D eigenvalue weighted by molar-refractivity contribution is 6.23. The Labute approximate surface area is 139 Å². The van der Waals surface area contributed by atoms with Crippen molar-refractivity contribution >= 4 is 17.6 Å². The number of benzene rings is 1. The van der Waals surface area contributed by atoms with E-state index in [1.165, 1.54) is 6.07 Å². The molecule has 6 nitrogen and oxygen atoms in total. The highest BCUT2D eigenvalue weighted by Gasteiger charge is 2.54. The van der Waals surface area contributed by atoms with E-state index in [1.807, 2.05) is 0 Å². The van der Waals surface area contributed by atoms with Gasteiger partial charge in [0.25, 0.3) is 5.91 Å². The zero-order valence-corrected chi connectivity index (χ0v) is 12.7. The van der Waals surface area contributed by atoms with Crippen molar-refractivity contribution in [3.63, 3.8) is 0 Å². The first-order chi connectivity index (χ1) is 11.6. The normalized spacial score (nSPS) is 21.0. The predicted molar refractivity (Wildman–Crippen MR) is 76.9 cm³/mol. The van der Waals surface area contributed by atoms with Gasteiger partial charge in [-0.15, -0.1) is 0 Å². The number of hydrogen-bond donors (Lipinski definition) is 1. The molecule has 1 saturated heterocycles. The van der Waals surface area contributed by atoms with Gasteiger partial charge < -0.3 is 10.0 Å². The number of nitrogens with zero attached hydrogens (tertiary/aromatic N) is 3. The molecule has 3 amide bonds. The molecule has 1 aromatic carbocycles. The van der Waals surface area contributed by atoms with Crippen molar-refractivity contribution in [3.05, 3.63) is 36.2 Å². The third-order valence-corrected chi connectivity index (χ3v) is 3.80. The van der Waals surface area contributed by atoms with Crippen LogP contribution in [0.1, 0.15) is 11.1 Å². The van der Waals surface area contributed by atoms with Crippen LogP contribution in [0.2, 0.25) is 0 Å². The molecule has 1 N–H and O–H groups in total. The number of rotatable bonds is 4. The maximum absolute atomic E-state index is 13.1. The second kappa shape index (κ2) is 6.33. The molecule has 0 saturated carbocycles. The molecule has 0 aromatic heterocycles. The third-order valence-electron chi connectivity index (χ3n) is 3.80. The number of imide groups is 1. The topological polar surface area (TPSA) is 84.6 Å². The fourth-order valence-electron chi connectivity index (χ4n) is 2.49. The standard InChI is InChI=1S/C15H12F4N3O3/c1-14(8-23)12(24)22(13(25)21(14)5-4-16)10-3-2-9(7-20)11(6-10)15(17,18)19/h2-3,6,23H,1,4-5,8H2. The van der Waals surface area contributed by atoms with Crippen LogP contribution in [0.5, 0.6) is 0 Å². The number of aliphatic hydroxyl groups is 1. The van der Waals surface area contributed by atoms with E-state index in [0.29, 0.717) is 15.9 Å². The van der Waals surface area contributed by atoms with Crippen molar-refractivity contribution in [2.24, 2.45) is 0 Å².